The minimum Gasteiger partial charge on any atom is -0.0496 e. The molecule has 0 fully saturated rings. The Labute approximate surface area is 90.8 Å². The van der Waals surface area contributed by atoms with E-state index in [0.29, 0.717) is 0 Å². The van der Waals surface area contributed by atoms with Crippen LogP contribution in [-0.2, 0) is 0 Å². The van der Waals surface area contributed by atoms with Crippen LogP contribution in [0.2, 0.25) is 0 Å². The van der Waals surface area contributed by atoms with Crippen LogP contribution < -0.4 is 0 Å². The lowest BCUT2D eigenvalue weighted by Gasteiger charge is -2.00. The quantitative estimate of drug-likeness (QED) is 0.472. The van der Waals surface area contributed by atoms with E-state index in [1.807, 2.05) is 0 Å². The lowest BCUT2D eigenvalue weighted by Crippen LogP contribution is -1.79. The van der Waals surface area contributed by atoms with Gasteiger partial charge in [0.15, 0.2) is 0 Å². The van der Waals surface area contributed by atoms with Crippen LogP contribution in [0.3, 0.4) is 0 Å². The van der Waals surface area contributed by atoms with E-state index in [1.165, 1.54) is 9.13 Å². The smallest absolute Gasteiger partial charge is 0.0347 e. The van der Waals surface area contributed by atoms with Gasteiger partial charge < -0.3 is 0 Å². The van der Waals surface area contributed by atoms with Crippen LogP contribution in [0.15, 0.2) is 21.1 Å². The first kappa shape index (κ1) is 9.00. The van der Waals surface area contributed by atoms with E-state index in [1.54, 1.807) is 0 Å². The maximum atomic E-state index is 3.46. The molecule has 0 unspecified atom stereocenters. The fraction of sp³-hybridized carbons (Fsp3) is 0.143. The van der Waals surface area contributed by atoms with E-state index in [4.69, 9.17) is 0 Å². The van der Waals surface area contributed by atoms with Crippen molar-refractivity contribution in [3.05, 3.63) is 30.2 Å². The van der Waals surface area contributed by atoms with Gasteiger partial charge in [0.05, 0.1) is 0 Å². The first-order chi connectivity index (χ1) is 4.61. The van der Waals surface area contributed by atoms with Crippen LogP contribution in [0.4, 0.5) is 0 Å². The summed E-state index contributed by atoms with van der Waals surface area (Å²) in [6.07, 6.45) is 0. The van der Waals surface area contributed by atoms with Crippen molar-refractivity contribution in [3.63, 3.8) is 0 Å². The molecule has 0 bridgehead atoms. The van der Waals surface area contributed by atoms with Crippen molar-refractivity contribution in [3.8, 4) is 0 Å². The van der Waals surface area contributed by atoms with Crippen molar-refractivity contribution >= 4 is 54.5 Å². The molecular formula is C7H5Br2I. The molecule has 0 aromatic heterocycles. The zero-order valence-electron chi connectivity index (χ0n) is 5.29. The topological polar surface area (TPSA) is 0 Å². The zero-order valence-corrected chi connectivity index (χ0v) is 10.6. The third kappa shape index (κ3) is 1.95. The predicted molar refractivity (Wildman–Crippen MR) is 59.3 cm³/mol. The van der Waals surface area contributed by atoms with Gasteiger partial charge in [-0.1, -0.05) is 0 Å². The molecule has 0 amide bonds. The largest absolute Gasteiger partial charge is 0.0496 e. The summed E-state index contributed by atoms with van der Waals surface area (Å²) in [4.78, 5) is 0. The van der Waals surface area contributed by atoms with Gasteiger partial charge in [0.1, 0.15) is 0 Å². The second-order valence-corrected chi connectivity index (χ2v) is 4.91. The monoisotopic (exact) mass is 374 g/mol. The van der Waals surface area contributed by atoms with E-state index in [9.17, 15) is 0 Å². The summed E-state index contributed by atoms with van der Waals surface area (Å²) in [5.74, 6) is 0. The lowest BCUT2D eigenvalue weighted by molar-refractivity contribution is 1.39. The number of hydrogen-bond donors (Lipinski definition) is 0. The van der Waals surface area contributed by atoms with Crippen molar-refractivity contribution in [2.24, 2.45) is 0 Å². The second-order valence-electron chi connectivity index (χ2n) is 2.02. The van der Waals surface area contributed by atoms with Crippen molar-refractivity contribution in [2.45, 2.75) is 6.92 Å². The Balaban J connectivity index is 3.31. The van der Waals surface area contributed by atoms with Gasteiger partial charge in [-0.2, -0.15) is 0 Å². The minimum absolute atomic E-state index is 1.12. The van der Waals surface area contributed by atoms with E-state index < -0.39 is 0 Å². The van der Waals surface area contributed by atoms with E-state index in [2.05, 4.69) is 73.5 Å². The molecular weight excluding hydrogens is 371 g/mol. The highest BCUT2D eigenvalue weighted by atomic mass is 127. The summed E-state index contributed by atoms with van der Waals surface area (Å²) in [6, 6.07) is 4.22. The van der Waals surface area contributed by atoms with Gasteiger partial charge in [-0.25, -0.2) is 0 Å². The standard InChI is InChI=1S/C7H5Br2I/c1-4-2-5(10)3-6(8)7(4)9/h2-3H,1H3. The molecule has 0 aliphatic heterocycles. The molecule has 0 radical (unpaired) electrons. The van der Waals surface area contributed by atoms with Crippen LogP contribution in [0.1, 0.15) is 5.56 Å². The Kier molecular flexibility index (Phi) is 3.19. The van der Waals surface area contributed by atoms with Gasteiger partial charge in [-0.05, 0) is 79.1 Å². The zero-order chi connectivity index (χ0) is 7.72. The number of halogens is 3. The normalized spacial score (nSPS) is 10.0. The second kappa shape index (κ2) is 3.54. The highest BCUT2D eigenvalue weighted by Gasteiger charge is 2.00. The summed E-state index contributed by atoms with van der Waals surface area (Å²) in [7, 11) is 0. The number of benzene rings is 1. The van der Waals surface area contributed by atoms with Gasteiger partial charge >= 0.3 is 0 Å². The van der Waals surface area contributed by atoms with Crippen molar-refractivity contribution in [2.75, 3.05) is 0 Å². The molecule has 0 saturated carbocycles. The molecule has 0 spiro atoms. The Bertz CT molecular complexity index is 235. The SMILES string of the molecule is Cc1cc(I)cc(Br)c1Br. The van der Waals surface area contributed by atoms with Crippen LogP contribution in [0, 0.1) is 10.5 Å². The number of rotatable bonds is 0. The fourth-order valence-electron chi connectivity index (χ4n) is 0.685. The molecule has 10 heavy (non-hydrogen) atoms. The third-order valence-electron chi connectivity index (χ3n) is 1.17. The lowest BCUT2D eigenvalue weighted by atomic mass is 10.2. The van der Waals surface area contributed by atoms with Gasteiger partial charge in [-0.3, -0.25) is 0 Å². The molecule has 1 aromatic carbocycles. The Morgan fingerprint density at radius 1 is 1.30 bits per heavy atom. The van der Waals surface area contributed by atoms with Gasteiger partial charge in [0, 0.05) is 12.5 Å². The summed E-state index contributed by atoms with van der Waals surface area (Å²) in [6.45, 7) is 2.08. The molecule has 54 valence electrons. The molecule has 0 nitrogen and oxygen atoms in total. The molecule has 1 aromatic rings. The van der Waals surface area contributed by atoms with Crippen LogP contribution in [-0.4, -0.2) is 0 Å². The molecule has 0 saturated heterocycles. The van der Waals surface area contributed by atoms with Crippen molar-refractivity contribution < 1.29 is 0 Å². The molecule has 0 heterocycles. The van der Waals surface area contributed by atoms with Crippen LogP contribution >= 0.6 is 54.5 Å². The molecule has 0 aliphatic carbocycles. The summed E-state index contributed by atoms with van der Waals surface area (Å²) < 4.78 is 3.52. The van der Waals surface area contributed by atoms with Gasteiger partial charge in [0.2, 0.25) is 0 Å². The average molecular weight is 376 g/mol. The maximum absolute atomic E-state index is 3.46. The van der Waals surface area contributed by atoms with Gasteiger partial charge in [-0.15, -0.1) is 0 Å². The molecule has 3 heteroatoms. The minimum atomic E-state index is 1.12. The summed E-state index contributed by atoms with van der Waals surface area (Å²) >= 11 is 9.21. The summed E-state index contributed by atoms with van der Waals surface area (Å²) in [5.41, 5.74) is 1.26. The number of aryl methyl sites for hydroxylation is 1. The van der Waals surface area contributed by atoms with Crippen LogP contribution in [0.25, 0.3) is 0 Å². The summed E-state index contributed by atoms with van der Waals surface area (Å²) in [5, 5.41) is 0. The molecule has 0 atom stereocenters. The average Bonchev–Trinajstić information content (AvgIpc) is 1.82. The highest BCUT2D eigenvalue weighted by Crippen LogP contribution is 2.28. The highest BCUT2D eigenvalue weighted by molar-refractivity contribution is 14.1. The van der Waals surface area contributed by atoms with E-state index in [0.717, 1.165) is 8.95 Å². The fourth-order valence-corrected chi connectivity index (χ4v) is 2.68. The Morgan fingerprint density at radius 3 is 2.40 bits per heavy atom. The number of hydrogen-bond acceptors (Lipinski definition) is 0. The molecule has 0 aliphatic rings. The molecule has 1 rings (SSSR count). The van der Waals surface area contributed by atoms with Gasteiger partial charge in [0.25, 0.3) is 0 Å². The molecule has 0 N–H and O–H groups in total. The predicted octanol–water partition coefficient (Wildman–Crippen LogP) is 4.12. The third-order valence-corrected chi connectivity index (χ3v) is 4.01. The van der Waals surface area contributed by atoms with Crippen molar-refractivity contribution in [1.82, 2.24) is 0 Å². The Hall–Kier alpha value is 0.910. The van der Waals surface area contributed by atoms with E-state index in [-0.39, 0.29) is 0 Å². The van der Waals surface area contributed by atoms with E-state index >= 15 is 0 Å². The van der Waals surface area contributed by atoms with Crippen LogP contribution in [0.5, 0.6) is 0 Å². The first-order valence-electron chi connectivity index (χ1n) is 2.72. The Morgan fingerprint density at radius 2 is 1.90 bits per heavy atom. The maximum Gasteiger partial charge on any atom is 0.0347 e. The first-order valence-corrected chi connectivity index (χ1v) is 5.39. The van der Waals surface area contributed by atoms with Crippen molar-refractivity contribution in [1.29, 1.82) is 0 Å².